The number of carbonyl (C=O) groups is 1. The molecule has 0 aliphatic heterocycles. The monoisotopic (exact) mass is 291 g/mol. The Morgan fingerprint density at radius 3 is 2.44 bits per heavy atom. The number of nitrogens with zero attached hydrogens (tertiary/aromatic N) is 1. The molecule has 0 aromatic carbocycles. The fourth-order valence-corrected chi connectivity index (χ4v) is 1.68. The molecule has 18 heavy (non-hydrogen) atoms. The number of aliphatic hydroxyl groups excluding tert-OH is 1. The highest BCUT2D eigenvalue weighted by molar-refractivity contribution is 7.63. The van der Waals surface area contributed by atoms with Crippen molar-refractivity contribution in [1.29, 1.82) is 1.12 Å². The number of hydrogen-bond acceptors (Lipinski definition) is 4. The molecule has 110 valence electrons. The van der Waals surface area contributed by atoms with Crippen molar-refractivity contribution < 1.29 is 23.3 Å². The number of hydrogen-bond donors (Lipinski definition) is 4. The van der Waals surface area contributed by atoms with Crippen LogP contribution < -0.4 is 10.1 Å². The predicted octanol–water partition coefficient (Wildman–Crippen LogP) is -0.211. The summed E-state index contributed by atoms with van der Waals surface area (Å²) in [6.45, 7) is 5.75. The van der Waals surface area contributed by atoms with E-state index in [4.69, 9.17) is 10.3 Å². The molecule has 0 rings (SSSR count). The van der Waals surface area contributed by atoms with Crippen molar-refractivity contribution in [2.24, 2.45) is 0 Å². The highest BCUT2D eigenvalue weighted by Crippen LogP contribution is 2.01. The molecule has 3 N–H and O–H groups in total. The zero-order valence-corrected chi connectivity index (χ0v) is 11.5. The average molecular weight is 291 g/mol. The van der Waals surface area contributed by atoms with Gasteiger partial charge in [-0.2, -0.15) is 4.83 Å². The lowest BCUT2D eigenvalue weighted by atomic mass is 10.1. The second-order valence-electron chi connectivity index (χ2n) is 3.50. The van der Waals surface area contributed by atoms with Crippen LogP contribution in [0.1, 0.15) is 27.2 Å². The van der Waals surface area contributed by atoms with E-state index in [2.05, 4.69) is 10.1 Å². The maximum atomic E-state index is 10.9. The minimum Gasteiger partial charge on any atom is -0.390 e. The van der Waals surface area contributed by atoms with E-state index in [0.717, 1.165) is 0 Å². The molecule has 0 saturated heterocycles. The number of likely N-dealkylation sites (N-methyl/N-ethyl adjacent to an activating group) is 1. The van der Waals surface area contributed by atoms with Crippen molar-refractivity contribution in [2.45, 2.75) is 39.3 Å². The van der Waals surface area contributed by atoms with Gasteiger partial charge in [0.25, 0.3) is 0 Å². The lowest BCUT2D eigenvalue weighted by Crippen LogP contribution is -2.50. The highest BCUT2D eigenvalue weighted by atomic mass is 32.2. The van der Waals surface area contributed by atoms with Crippen LogP contribution in [-0.2, 0) is 16.6 Å². The number of aliphatic hydroxyl groups is 1. The van der Waals surface area contributed by atoms with Gasteiger partial charge in [0.15, 0.2) is 1.12 Å². The van der Waals surface area contributed by atoms with Crippen molar-refractivity contribution in [1.82, 2.24) is 15.2 Å². The third kappa shape index (κ3) is 9.40. The Hall–Kier alpha value is -0.640. The van der Waals surface area contributed by atoms with Crippen LogP contribution in [-0.4, -0.2) is 46.6 Å². The van der Waals surface area contributed by atoms with E-state index < -0.39 is 17.9 Å². The number of carbonyl (C=O) groups excluding carboxylic acids is 1. The smallest absolute Gasteiger partial charge is 0.217 e. The van der Waals surface area contributed by atoms with Crippen LogP contribution in [0.25, 0.3) is 0 Å². The Bertz CT molecular complexity index is 277. The molecule has 0 aromatic heterocycles. The molecule has 0 radical (unpaired) electrons. The fraction of sp³-hybridized carbons (Fsp3) is 0.889. The molecule has 0 heterocycles. The summed E-state index contributed by atoms with van der Waals surface area (Å²) in [6.07, 6.45) is -0.178. The van der Waals surface area contributed by atoms with Crippen LogP contribution in [0.2, 0.25) is 0 Å². The van der Waals surface area contributed by atoms with Crippen molar-refractivity contribution in [2.75, 3.05) is 13.1 Å². The SMILES string of the molecule is FF.[3H]S(=O)NN(CC)CC(O)C(CC)NC(C)=O. The number of thiol groups is 1. The number of halogens is 2. The molecule has 3 atom stereocenters. The average Bonchev–Trinajstić information content (AvgIpc) is 2.36. The van der Waals surface area contributed by atoms with Crippen molar-refractivity contribution in [3.63, 3.8) is 0 Å². The van der Waals surface area contributed by atoms with Gasteiger partial charge in [0.1, 0.15) is 0 Å². The molecule has 0 aliphatic carbocycles. The molecule has 0 spiro atoms. The first-order valence-electron chi connectivity index (χ1n) is 5.84. The lowest BCUT2D eigenvalue weighted by Gasteiger charge is -2.27. The molecular weight excluding hydrogens is 268 g/mol. The summed E-state index contributed by atoms with van der Waals surface area (Å²) in [6, 6.07) is -0.345. The zero-order chi connectivity index (χ0) is 15.4. The van der Waals surface area contributed by atoms with Crippen molar-refractivity contribution >= 4 is 17.7 Å². The number of rotatable bonds is 8. The maximum Gasteiger partial charge on any atom is 0.217 e. The quantitative estimate of drug-likeness (QED) is 0.368. The summed E-state index contributed by atoms with van der Waals surface area (Å²) in [5.74, 6) is -0.198. The largest absolute Gasteiger partial charge is 0.390 e. The summed E-state index contributed by atoms with van der Waals surface area (Å²) >= 11 is -1.91. The summed E-state index contributed by atoms with van der Waals surface area (Å²) in [7, 11) is 0. The predicted molar refractivity (Wildman–Crippen MR) is 66.0 cm³/mol. The van der Waals surface area contributed by atoms with Gasteiger partial charge in [0.2, 0.25) is 5.91 Å². The number of amides is 1. The van der Waals surface area contributed by atoms with Gasteiger partial charge in [-0.1, -0.05) is 13.8 Å². The van der Waals surface area contributed by atoms with Gasteiger partial charge in [-0.15, -0.1) is 0 Å². The van der Waals surface area contributed by atoms with E-state index in [1.807, 2.05) is 13.8 Å². The van der Waals surface area contributed by atoms with E-state index in [9.17, 15) is 14.1 Å². The van der Waals surface area contributed by atoms with Crippen LogP contribution in [0, 0.1) is 0 Å². The second-order valence-corrected chi connectivity index (χ2v) is 3.85. The van der Waals surface area contributed by atoms with Crippen molar-refractivity contribution in [3.8, 4) is 0 Å². The van der Waals surface area contributed by atoms with E-state index >= 15 is 0 Å². The van der Waals surface area contributed by atoms with Gasteiger partial charge in [-0.05, 0) is 6.42 Å². The van der Waals surface area contributed by atoms with Gasteiger partial charge < -0.3 is 10.4 Å². The van der Waals surface area contributed by atoms with Crippen LogP contribution in [0.3, 0.4) is 0 Å². The van der Waals surface area contributed by atoms with E-state index in [1.165, 1.54) is 11.9 Å². The normalized spacial score (nSPS) is 16.1. The van der Waals surface area contributed by atoms with Crippen LogP contribution >= 0.6 is 0 Å². The zero-order valence-electron chi connectivity index (χ0n) is 11.7. The molecule has 9 heteroatoms. The van der Waals surface area contributed by atoms with Crippen LogP contribution in [0.5, 0.6) is 0 Å². The van der Waals surface area contributed by atoms with Crippen LogP contribution in [0.15, 0.2) is 0 Å². The minimum absolute atomic E-state index is 0.194. The first kappa shape index (κ1) is 17.4. The number of nitrogens with one attached hydrogen (secondary N) is 2. The summed E-state index contributed by atoms with van der Waals surface area (Å²) in [5.41, 5.74) is 0. The van der Waals surface area contributed by atoms with E-state index in [-0.39, 0.29) is 18.5 Å². The van der Waals surface area contributed by atoms with Gasteiger partial charge >= 0.3 is 0 Å². The van der Waals surface area contributed by atoms with E-state index in [1.54, 1.807) is 0 Å². The number of hydrazine groups is 1. The maximum absolute atomic E-state index is 10.9. The third-order valence-electron chi connectivity index (χ3n) is 2.25. The first-order valence-corrected chi connectivity index (χ1v) is 6.18. The minimum atomic E-state index is -1.91. The Labute approximate surface area is 110 Å². The Kier molecular flexibility index (Phi) is 12.4. The van der Waals surface area contributed by atoms with Gasteiger partial charge in [0.05, 0.1) is 23.9 Å². The molecular formula is C9H21F2N3O3S. The highest BCUT2D eigenvalue weighted by Gasteiger charge is 2.20. The molecule has 1 amide bonds. The Morgan fingerprint density at radius 1 is 1.56 bits per heavy atom. The Morgan fingerprint density at radius 2 is 2.11 bits per heavy atom. The molecule has 0 saturated carbocycles. The van der Waals surface area contributed by atoms with Crippen molar-refractivity contribution in [3.05, 3.63) is 0 Å². The van der Waals surface area contributed by atoms with E-state index in [0.29, 0.717) is 13.0 Å². The molecule has 0 aromatic rings. The topological polar surface area (TPSA) is 81.7 Å². The molecule has 6 nitrogen and oxygen atoms in total. The summed E-state index contributed by atoms with van der Waals surface area (Å²) < 4.78 is 33.6. The van der Waals surface area contributed by atoms with Gasteiger partial charge in [-0.25, -0.2) is 9.22 Å². The molecule has 0 bridgehead atoms. The Balaban J connectivity index is 0. The molecule has 0 fully saturated rings. The van der Waals surface area contributed by atoms with Crippen LogP contribution in [0.4, 0.5) is 9.15 Å². The lowest BCUT2D eigenvalue weighted by molar-refractivity contribution is -0.120. The summed E-state index contributed by atoms with van der Waals surface area (Å²) in [5, 5.41) is 14.0. The fourth-order valence-electron chi connectivity index (χ4n) is 1.37. The standard InChI is InChI=1S/C9H21N3O3S.F2/c1-4-8(10-7(3)13)9(14)6-12(5-2)11-16-15;1-2/h8-9,14,16H,4-6H2,1-3H3,(H,10,13)(H,11,15);/i16T;. The third-order valence-corrected chi connectivity index (χ3v) is 2.58. The first-order chi connectivity index (χ1) is 8.90. The second kappa shape index (κ2) is 12.8. The summed E-state index contributed by atoms with van der Waals surface area (Å²) in [4.78, 5) is 13.3. The van der Waals surface area contributed by atoms with Gasteiger partial charge in [-0.3, -0.25) is 4.79 Å². The molecule has 0 aliphatic rings. The van der Waals surface area contributed by atoms with Gasteiger partial charge in [0, 0.05) is 29.2 Å². The molecule has 3 unspecified atom stereocenters.